The van der Waals surface area contributed by atoms with Crippen LogP contribution in [0.1, 0.15) is 0 Å². The second-order valence-electron chi connectivity index (χ2n) is 3.01. The number of hydrogen-bond acceptors (Lipinski definition) is 1. The standard InChI is InChI=1S/C7H2F10O2/c8-1(3(18)19)2(9)5(12,13)7(16,17)6(14,15)4(10)11/h4H,(H,18,19). The van der Waals surface area contributed by atoms with Crippen LogP contribution in [0.15, 0.2) is 11.7 Å². The van der Waals surface area contributed by atoms with E-state index in [0.717, 1.165) is 0 Å². The normalized spacial score (nSPS) is 15.5. The molecule has 0 fully saturated rings. The van der Waals surface area contributed by atoms with Gasteiger partial charge in [-0.25, -0.2) is 18.0 Å². The molecule has 0 rings (SSSR count). The molecule has 0 aliphatic rings. The lowest BCUT2D eigenvalue weighted by Gasteiger charge is -2.31. The zero-order valence-electron chi connectivity index (χ0n) is 8.21. The first kappa shape index (κ1) is 17.5. The van der Waals surface area contributed by atoms with Crippen LogP contribution >= 0.6 is 0 Å². The predicted molar refractivity (Wildman–Crippen MR) is 37.7 cm³/mol. The highest BCUT2D eigenvalue weighted by Gasteiger charge is 2.77. The molecule has 0 atom stereocenters. The Morgan fingerprint density at radius 1 is 0.947 bits per heavy atom. The molecule has 112 valence electrons. The molecule has 0 spiro atoms. The van der Waals surface area contributed by atoms with Crippen molar-refractivity contribution in [2.45, 2.75) is 24.2 Å². The van der Waals surface area contributed by atoms with Crippen LogP contribution in [-0.2, 0) is 4.79 Å². The van der Waals surface area contributed by atoms with Crippen molar-refractivity contribution in [3.63, 3.8) is 0 Å². The average Bonchev–Trinajstić information content (AvgIpc) is 2.25. The second kappa shape index (κ2) is 4.89. The molecule has 0 saturated carbocycles. The molecule has 0 aliphatic heterocycles. The Bertz CT molecular complexity index is 399. The van der Waals surface area contributed by atoms with E-state index in [1.54, 1.807) is 0 Å². The molecule has 0 unspecified atom stereocenters. The van der Waals surface area contributed by atoms with Crippen LogP contribution in [0.5, 0.6) is 0 Å². The van der Waals surface area contributed by atoms with Crippen LogP contribution < -0.4 is 0 Å². The number of hydrogen-bond donors (Lipinski definition) is 1. The molecule has 1 N–H and O–H groups in total. The first-order valence-electron chi connectivity index (χ1n) is 3.91. The number of carboxylic acid groups (broad SMARTS) is 1. The molecule has 0 bridgehead atoms. The van der Waals surface area contributed by atoms with E-state index in [2.05, 4.69) is 0 Å². The lowest BCUT2D eigenvalue weighted by atomic mass is 10.0. The third kappa shape index (κ3) is 2.61. The minimum Gasteiger partial charge on any atom is -0.476 e. The van der Waals surface area contributed by atoms with E-state index in [0.29, 0.717) is 0 Å². The molecule has 0 radical (unpaired) electrons. The molecule has 0 saturated heterocycles. The van der Waals surface area contributed by atoms with E-state index >= 15 is 0 Å². The first-order chi connectivity index (χ1) is 8.21. The summed E-state index contributed by atoms with van der Waals surface area (Å²) in [5.41, 5.74) is 0. The van der Waals surface area contributed by atoms with Crippen molar-refractivity contribution in [3.8, 4) is 0 Å². The molecule has 2 nitrogen and oxygen atoms in total. The van der Waals surface area contributed by atoms with E-state index in [4.69, 9.17) is 5.11 Å². The Kier molecular flexibility index (Phi) is 4.50. The van der Waals surface area contributed by atoms with Crippen molar-refractivity contribution in [3.05, 3.63) is 11.7 Å². The van der Waals surface area contributed by atoms with Gasteiger partial charge in [0.1, 0.15) is 0 Å². The van der Waals surface area contributed by atoms with E-state index in [9.17, 15) is 48.7 Å². The Balaban J connectivity index is 5.92. The quantitative estimate of drug-likeness (QED) is 0.624. The molecular weight excluding hydrogens is 306 g/mol. The molecule has 0 heterocycles. The molecule has 19 heavy (non-hydrogen) atoms. The average molecular weight is 308 g/mol. The Morgan fingerprint density at radius 2 is 1.32 bits per heavy atom. The Labute approximate surface area is 96.9 Å². The van der Waals surface area contributed by atoms with Gasteiger partial charge in [-0.3, -0.25) is 0 Å². The van der Waals surface area contributed by atoms with Gasteiger partial charge >= 0.3 is 30.2 Å². The maximum Gasteiger partial charge on any atom is 0.384 e. The largest absolute Gasteiger partial charge is 0.476 e. The van der Waals surface area contributed by atoms with Crippen LogP contribution in [0.4, 0.5) is 43.9 Å². The van der Waals surface area contributed by atoms with Gasteiger partial charge in [-0.15, -0.1) is 0 Å². The molecule has 0 aliphatic carbocycles. The smallest absolute Gasteiger partial charge is 0.384 e. The predicted octanol–water partition coefficient (Wildman–Crippen LogP) is 3.39. The van der Waals surface area contributed by atoms with E-state index in [1.807, 2.05) is 0 Å². The van der Waals surface area contributed by atoms with Crippen molar-refractivity contribution >= 4 is 5.97 Å². The zero-order chi connectivity index (χ0) is 15.8. The van der Waals surface area contributed by atoms with Crippen LogP contribution in [0.25, 0.3) is 0 Å². The number of carboxylic acids is 1. The zero-order valence-corrected chi connectivity index (χ0v) is 8.21. The summed E-state index contributed by atoms with van der Waals surface area (Å²) < 4.78 is 122. The fourth-order valence-corrected chi connectivity index (χ4v) is 0.716. The van der Waals surface area contributed by atoms with Gasteiger partial charge in [0.2, 0.25) is 11.7 Å². The van der Waals surface area contributed by atoms with Crippen molar-refractivity contribution in [1.82, 2.24) is 0 Å². The Morgan fingerprint density at radius 3 is 1.58 bits per heavy atom. The summed E-state index contributed by atoms with van der Waals surface area (Å²) in [5, 5.41) is 7.71. The van der Waals surface area contributed by atoms with E-state index in [1.165, 1.54) is 0 Å². The summed E-state index contributed by atoms with van der Waals surface area (Å²) in [6, 6.07) is 0. The fraction of sp³-hybridized carbons (Fsp3) is 0.571. The molecule has 0 amide bonds. The van der Waals surface area contributed by atoms with Gasteiger partial charge in [-0.1, -0.05) is 0 Å². The van der Waals surface area contributed by atoms with Gasteiger partial charge in [-0.05, 0) is 0 Å². The van der Waals surface area contributed by atoms with Crippen molar-refractivity contribution in [1.29, 1.82) is 0 Å². The molecule has 0 aromatic heterocycles. The van der Waals surface area contributed by atoms with Crippen molar-refractivity contribution in [2.24, 2.45) is 0 Å². The number of allylic oxidation sites excluding steroid dienone is 1. The van der Waals surface area contributed by atoms with E-state index in [-0.39, 0.29) is 0 Å². The van der Waals surface area contributed by atoms with Crippen molar-refractivity contribution in [2.75, 3.05) is 0 Å². The minimum absolute atomic E-state index is 3.10. The van der Waals surface area contributed by atoms with Crippen LogP contribution in [-0.4, -0.2) is 35.3 Å². The molecular formula is C7H2F10O2. The second-order valence-corrected chi connectivity index (χ2v) is 3.01. The molecule has 12 heteroatoms. The van der Waals surface area contributed by atoms with Crippen molar-refractivity contribution < 1.29 is 53.8 Å². The van der Waals surface area contributed by atoms with Gasteiger partial charge in [-0.2, -0.15) is 30.7 Å². The van der Waals surface area contributed by atoms with Crippen LogP contribution in [0.2, 0.25) is 0 Å². The van der Waals surface area contributed by atoms with Gasteiger partial charge in [0, 0.05) is 0 Å². The highest BCUT2D eigenvalue weighted by atomic mass is 19.4. The maximum absolute atomic E-state index is 12.6. The summed E-state index contributed by atoms with van der Waals surface area (Å²) in [5.74, 6) is -31.2. The van der Waals surface area contributed by atoms with Crippen LogP contribution in [0, 0.1) is 0 Å². The number of halogens is 10. The molecule has 0 aromatic carbocycles. The summed E-state index contributed by atoms with van der Waals surface area (Å²) in [7, 11) is 0. The number of alkyl halides is 8. The van der Waals surface area contributed by atoms with Gasteiger partial charge in [0.05, 0.1) is 0 Å². The topological polar surface area (TPSA) is 37.3 Å². The maximum atomic E-state index is 12.6. The van der Waals surface area contributed by atoms with Gasteiger partial charge in [0.25, 0.3) is 0 Å². The highest BCUT2D eigenvalue weighted by molar-refractivity contribution is 5.84. The number of carbonyl (C=O) groups is 1. The highest BCUT2D eigenvalue weighted by Crippen LogP contribution is 2.52. The molecule has 0 aromatic rings. The van der Waals surface area contributed by atoms with Crippen LogP contribution in [0.3, 0.4) is 0 Å². The lowest BCUT2D eigenvalue weighted by Crippen LogP contribution is -2.58. The lowest BCUT2D eigenvalue weighted by molar-refractivity contribution is -0.331. The number of rotatable bonds is 5. The first-order valence-corrected chi connectivity index (χ1v) is 3.91. The van der Waals surface area contributed by atoms with E-state index < -0.39 is 41.8 Å². The SMILES string of the molecule is O=C(O)C(F)=C(F)C(F)(F)C(F)(F)C(F)(F)C(F)F. The summed E-state index contributed by atoms with van der Waals surface area (Å²) in [4.78, 5) is 9.71. The Hall–Kier alpha value is -1.49. The van der Waals surface area contributed by atoms with Gasteiger partial charge in [0.15, 0.2) is 0 Å². The minimum atomic E-state index is -7.05. The third-order valence-electron chi connectivity index (χ3n) is 1.74. The third-order valence-corrected chi connectivity index (χ3v) is 1.74. The number of aliphatic carboxylic acids is 1. The fourth-order valence-electron chi connectivity index (χ4n) is 0.716. The summed E-state index contributed by atoms with van der Waals surface area (Å²) >= 11 is 0. The van der Waals surface area contributed by atoms with Gasteiger partial charge < -0.3 is 5.11 Å². The monoisotopic (exact) mass is 308 g/mol. The summed E-state index contributed by atoms with van der Waals surface area (Å²) in [6.45, 7) is 0. The summed E-state index contributed by atoms with van der Waals surface area (Å²) in [6.07, 6.45) is -5.32.